The topological polar surface area (TPSA) is 26.3 Å². The molecule has 0 aromatic rings. The van der Waals surface area contributed by atoms with Crippen LogP contribution in [0.5, 0.6) is 0 Å². The van der Waals surface area contributed by atoms with Crippen LogP contribution in [0.2, 0.25) is 0 Å². The van der Waals surface area contributed by atoms with Crippen LogP contribution in [0.4, 0.5) is 0 Å². The van der Waals surface area contributed by atoms with E-state index < -0.39 is 0 Å². The van der Waals surface area contributed by atoms with Crippen molar-refractivity contribution in [1.82, 2.24) is 0 Å². The Hall–Kier alpha value is -0.530. The zero-order valence-electron chi connectivity index (χ0n) is 25.2. The Kier molecular flexibility index (Phi) is 6.77. The van der Waals surface area contributed by atoms with E-state index in [0.717, 1.165) is 41.9 Å². The molecule has 5 saturated carbocycles. The van der Waals surface area contributed by atoms with Gasteiger partial charge in [-0.05, 0) is 140 Å². The summed E-state index contributed by atoms with van der Waals surface area (Å²) in [6, 6.07) is 0. The summed E-state index contributed by atoms with van der Waals surface area (Å²) < 4.78 is 5.25. The minimum absolute atomic E-state index is 0.133. The van der Waals surface area contributed by atoms with Crippen molar-refractivity contribution in [3.05, 3.63) is 0 Å². The van der Waals surface area contributed by atoms with Gasteiger partial charge >= 0.3 is 5.97 Å². The van der Waals surface area contributed by atoms with Gasteiger partial charge < -0.3 is 4.74 Å². The average molecular weight is 499 g/mol. The minimum atomic E-state index is -0.133. The van der Waals surface area contributed by atoms with Crippen molar-refractivity contribution in [2.75, 3.05) is 6.61 Å². The number of rotatable bonds is 5. The molecule has 0 aromatic carbocycles. The van der Waals surface area contributed by atoms with Crippen LogP contribution in [0.1, 0.15) is 139 Å². The van der Waals surface area contributed by atoms with Gasteiger partial charge in [0.15, 0.2) is 0 Å². The zero-order chi connectivity index (χ0) is 26.1. The Morgan fingerprint density at radius 3 is 2.08 bits per heavy atom. The van der Waals surface area contributed by atoms with Gasteiger partial charge in [0.2, 0.25) is 0 Å². The fraction of sp³-hybridized carbons (Fsp3) is 0.971. The Morgan fingerprint density at radius 2 is 1.42 bits per heavy atom. The molecule has 0 heterocycles. The number of carbonyl (C=O) groups excluding carboxylic acids is 1. The van der Waals surface area contributed by atoms with Crippen molar-refractivity contribution < 1.29 is 9.53 Å². The summed E-state index contributed by atoms with van der Waals surface area (Å²) in [6.45, 7) is 20.9. The van der Waals surface area contributed by atoms with E-state index >= 15 is 0 Å². The highest BCUT2D eigenvalue weighted by Gasteiger charge is 2.70. The maximum atomic E-state index is 11.2. The SMILES string of the molecule is CC(=O)OCCCC(C)C1CCC2(C)C1CCC1(C)C2CCC2C3(C)CCCC(C)(C)C3CCC21C. The van der Waals surface area contributed by atoms with Gasteiger partial charge in [0, 0.05) is 6.92 Å². The fourth-order valence-corrected chi connectivity index (χ4v) is 12.9. The van der Waals surface area contributed by atoms with Crippen LogP contribution in [0, 0.1) is 62.6 Å². The molecule has 0 aromatic heterocycles. The molecular weight excluding hydrogens is 440 g/mol. The van der Waals surface area contributed by atoms with Gasteiger partial charge in [-0.3, -0.25) is 4.79 Å². The van der Waals surface area contributed by atoms with E-state index in [1.54, 1.807) is 0 Å². The second-order valence-electron chi connectivity index (χ2n) is 16.3. The predicted molar refractivity (Wildman–Crippen MR) is 149 cm³/mol. The van der Waals surface area contributed by atoms with E-state index in [1.807, 2.05) is 0 Å². The lowest BCUT2D eigenvalue weighted by atomic mass is 9.32. The Bertz CT molecular complexity index is 846. The molecule has 5 aliphatic carbocycles. The van der Waals surface area contributed by atoms with Gasteiger partial charge in [-0.25, -0.2) is 0 Å². The van der Waals surface area contributed by atoms with Gasteiger partial charge in [0.05, 0.1) is 6.61 Å². The highest BCUT2D eigenvalue weighted by atomic mass is 16.5. The smallest absolute Gasteiger partial charge is 0.302 e. The van der Waals surface area contributed by atoms with Crippen molar-refractivity contribution in [1.29, 1.82) is 0 Å². The van der Waals surface area contributed by atoms with Crippen molar-refractivity contribution in [2.45, 2.75) is 139 Å². The lowest BCUT2D eigenvalue weighted by Crippen LogP contribution is -2.65. The maximum absolute atomic E-state index is 11.2. The highest BCUT2D eigenvalue weighted by molar-refractivity contribution is 5.65. The fourth-order valence-electron chi connectivity index (χ4n) is 12.9. The lowest BCUT2D eigenvalue weighted by Gasteiger charge is -2.73. The Balaban J connectivity index is 1.36. The standard InChI is InChI=1S/C34H58O2/c1-23(11-9-22-36-24(2)35)25-14-19-31(5)26(25)15-20-33(7)28(31)12-13-29-32(6)18-10-17-30(3,4)27(32)16-21-34(29,33)8/h23,25-29H,9-22H2,1-8H3. The summed E-state index contributed by atoms with van der Waals surface area (Å²) in [7, 11) is 0. The van der Waals surface area contributed by atoms with Gasteiger partial charge in [-0.1, -0.05) is 54.9 Å². The molecule has 36 heavy (non-hydrogen) atoms. The van der Waals surface area contributed by atoms with Gasteiger partial charge in [-0.15, -0.1) is 0 Å². The van der Waals surface area contributed by atoms with Crippen LogP contribution in [-0.4, -0.2) is 12.6 Å². The molecule has 5 fully saturated rings. The Morgan fingerprint density at radius 1 is 0.778 bits per heavy atom. The van der Waals surface area contributed by atoms with E-state index in [0.29, 0.717) is 33.7 Å². The maximum Gasteiger partial charge on any atom is 0.302 e. The molecule has 0 N–H and O–H groups in total. The summed E-state index contributed by atoms with van der Waals surface area (Å²) in [6.07, 6.45) is 18.3. The first-order valence-electron chi connectivity index (χ1n) is 15.9. The second kappa shape index (κ2) is 9.01. The molecular formula is C34H58O2. The van der Waals surface area contributed by atoms with E-state index in [4.69, 9.17) is 4.74 Å². The van der Waals surface area contributed by atoms with Crippen molar-refractivity contribution in [2.24, 2.45) is 62.6 Å². The van der Waals surface area contributed by atoms with E-state index in [2.05, 4.69) is 48.5 Å². The quantitative estimate of drug-likeness (QED) is 0.279. The molecule has 0 radical (unpaired) electrons. The summed E-state index contributed by atoms with van der Waals surface area (Å²) in [4.78, 5) is 11.2. The third-order valence-corrected chi connectivity index (χ3v) is 14.6. The van der Waals surface area contributed by atoms with Crippen LogP contribution < -0.4 is 0 Å². The molecule has 10 atom stereocenters. The van der Waals surface area contributed by atoms with Crippen molar-refractivity contribution >= 4 is 5.97 Å². The Labute approximate surface area is 223 Å². The second-order valence-corrected chi connectivity index (χ2v) is 16.3. The molecule has 2 nitrogen and oxygen atoms in total. The predicted octanol–water partition coefficient (Wildman–Crippen LogP) is 9.46. The number of hydrogen-bond donors (Lipinski definition) is 0. The van der Waals surface area contributed by atoms with Crippen LogP contribution in [-0.2, 0) is 9.53 Å². The number of fused-ring (bicyclic) bond motifs is 7. The first-order chi connectivity index (χ1) is 16.8. The third-order valence-electron chi connectivity index (χ3n) is 14.6. The molecule has 0 spiro atoms. The summed E-state index contributed by atoms with van der Waals surface area (Å²) in [5, 5.41) is 0. The van der Waals surface area contributed by atoms with E-state index in [1.165, 1.54) is 84.0 Å². The van der Waals surface area contributed by atoms with E-state index in [-0.39, 0.29) is 5.97 Å². The number of ether oxygens (including phenoxy) is 1. The molecule has 5 aliphatic rings. The number of hydrogen-bond acceptors (Lipinski definition) is 2. The summed E-state index contributed by atoms with van der Waals surface area (Å²) >= 11 is 0. The number of carbonyl (C=O) groups is 1. The highest BCUT2D eigenvalue weighted by Crippen LogP contribution is 2.78. The van der Waals surface area contributed by atoms with Crippen LogP contribution in [0.3, 0.4) is 0 Å². The van der Waals surface area contributed by atoms with Crippen molar-refractivity contribution in [3.63, 3.8) is 0 Å². The monoisotopic (exact) mass is 498 g/mol. The van der Waals surface area contributed by atoms with Crippen LogP contribution >= 0.6 is 0 Å². The molecule has 5 rings (SSSR count). The molecule has 0 bridgehead atoms. The first kappa shape index (κ1) is 27.1. The lowest BCUT2D eigenvalue weighted by molar-refractivity contribution is -0.241. The molecule has 0 saturated heterocycles. The molecule has 0 amide bonds. The van der Waals surface area contributed by atoms with Crippen LogP contribution in [0.25, 0.3) is 0 Å². The molecule has 2 heteroatoms. The summed E-state index contributed by atoms with van der Waals surface area (Å²) in [5.74, 6) is 5.14. The minimum Gasteiger partial charge on any atom is -0.466 e. The summed E-state index contributed by atoms with van der Waals surface area (Å²) in [5.41, 5.74) is 2.62. The van der Waals surface area contributed by atoms with Gasteiger partial charge in [0.1, 0.15) is 0 Å². The first-order valence-corrected chi connectivity index (χ1v) is 15.9. The molecule has 0 aliphatic heterocycles. The molecule has 206 valence electrons. The average Bonchev–Trinajstić information content (AvgIpc) is 3.13. The third kappa shape index (κ3) is 3.79. The normalized spacial score (nSPS) is 50.3. The zero-order valence-corrected chi connectivity index (χ0v) is 25.2. The largest absolute Gasteiger partial charge is 0.466 e. The number of esters is 1. The van der Waals surface area contributed by atoms with E-state index in [9.17, 15) is 4.79 Å². The van der Waals surface area contributed by atoms with Gasteiger partial charge in [-0.2, -0.15) is 0 Å². The van der Waals surface area contributed by atoms with Crippen LogP contribution in [0.15, 0.2) is 0 Å². The van der Waals surface area contributed by atoms with Crippen molar-refractivity contribution in [3.8, 4) is 0 Å². The molecule has 10 unspecified atom stereocenters. The van der Waals surface area contributed by atoms with Gasteiger partial charge in [0.25, 0.3) is 0 Å².